The molecule has 3 N–H and O–H groups in total. The molecule has 5 nitrogen and oxygen atoms in total. The minimum Gasteiger partial charge on any atom is -0.399 e. The Morgan fingerprint density at radius 2 is 1.68 bits per heavy atom. The number of benzene rings is 2. The lowest BCUT2D eigenvalue weighted by Crippen LogP contribution is -2.06. The summed E-state index contributed by atoms with van der Waals surface area (Å²) in [5, 5.41) is 13.8. The van der Waals surface area contributed by atoms with Crippen LogP contribution < -0.4 is 11.1 Å². The van der Waals surface area contributed by atoms with Crippen molar-refractivity contribution in [1.82, 2.24) is 0 Å². The summed E-state index contributed by atoms with van der Waals surface area (Å²) in [4.78, 5) is 10.2. The molecular weight excluding hydrogens is 242 g/mol. The number of nitrogen functional groups attached to an aromatic ring is 1. The molecule has 0 saturated carbocycles. The van der Waals surface area contributed by atoms with Crippen LogP contribution in [-0.2, 0) is 0 Å². The average molecular weight is 257 g/mol. The van der Waals surface area contributed by atoms with Crippen LogP contribution in [0, 0.1) is 10.1 Å². The zero-order valence-electron chi connectivity index (χ0n) is 10.5. The van der Waals surface area contributed by atoms with Gasteiger partial charge in [-0.15, -0.1) is 0 Å². The van der Waals surface area contributed by atoms with E-state index < -0.39 is 4.92 Å². The fraction of sp³-hybridized carbons (Fsp3) is 0.143. The summed E-state index contributed by atoms with van der Waals surface area (Å²) in [5.74, 6) is 0. The molecule has 0 aromatic heterocycles. The van der Waals surface area contributed by atoms with E-state index in [1.54, 1.807) is 12.1 Å². The summed E-state index contributed by atoms with van der Waals surface area (Å²) >= 11 is 0. The Morgan fingerprint density at radius 3 is 2.21 bits per heavy atom. The summed E-state index contributed by atoms with van der Waals surface area (Å²) in [6.45, 7) is 2.02. The molecule has 0 radical (unpaired) electrons. The minimum absolute atomic E-state index is 0.0886. The Bertz CT molecular complexity index is 564. The Hall–Kier alpha value is -2.56. The highest BCUT2D eigenvalue weighted by atomic mass is 16.6. The number of anilines is 2. The van der Waals surface area contributed by atoms with E-state index in [0.717, 1.165) is 16.9 Å². The van der Waals surface area contributed by atoms with E-state index in [-0.39, 0.29) is 11.7 Å². The topological polar surface area (TPSA) is 81.2 Å². The lowest BCUT2D eigenvalue weighted by atomic mass is 10.1. The highest BCUT2D eigenvalue weighted by Crippen LogP contribution is 2.22. The van der Waals surface area contributed by atoms with Crippen LogP contribution in [0.3, 0.4) is 0 Å². The number of nitro benzene ring substituents is 1. The number of hydrogen-bond donors (Lipinski definition) is 2. The maximum atomic E-state index is 10.6. The minimum atomic E-state index is -0.410. The predicted molar refractivity (Wildman–Crippen MR) is 76.0 cm³/mol. The van der Waals surface area contributed by atoms with E-state index >= 15 is 0 Å². The van der Waals surface area contributed by atoms with Gasteiger partial charge in [0.05, 0.1) is 4.92 Å². The third-order valence-electron chi connectivity index (χ3n) is 2.90. The van der Waals surface area contributed by atoms with Gasteiger partial charge < -0.3 is 11.1 Å². The number of nitrogens with zero attached hydrogens (tertiary/aromatic N) is 1. The van der Waals surface area contributed by atoms with Crippen LogP contribution in [0.15, 0.2) is 48.5 Å². The van der Waals surface area contributed by atoms with Crippen LogP contribution in [0.1, 0.15) is 18.5 Å². The molecule has 1 atom stereocenters. The average Bonchev–Trinajstić information content (AvgIpc) is 2.40. The van der Waals surface area contributed by atoms with Gasteiger partial charge in [0.25, 0.3) is 5.69 Å². The van der Waals surface area contributed by atoms with Crippen molar-refractivity contribution < 1.29 is 4.92 Å². The highest BCUT2D eigenvalue weighted by Gasteiger charge is 2.07. The molecule has 0 aliphatic carbocycles. The maximum Gasteiger partial charge on any atom is 0.269 e. The van der Waals surface area contributed by atoms with E-state index in [9.17, 15) is 10.1 Å². The lowest BCUT2D eigenvalue weighted by Gasteiger charge is -2.15. The van der Waals surface area contributed by atoms with Crippen molar-refractivity contribution in [2.45, 2.75) is 13.0 Å². The Morgan fingerprint density at radius 1 is 1.11 bits per heavy atom. The first-order valence-corrected chi connectivity index (χ1v) is 5.92. The van der Waals surface area contributed by atoms with Crippen molar-refractivity contribution in [3.05, 3.63) is 64.2 Å². The molecule has 0 fully saturated rings. The van der Waals surface area contributed by atoms with Gasteiger partial charge in [0.2, 0.25) is 0 Å². The molecule has 19 heavy (non-hydrogen) atoms. The van der Waals surface area contributed by atoms with Gasteiger partial charge in [0.15, 0.2) is 0 Å². The number of nitrogens with two attached hydrogens (primary N) is 1. The maximum absolute atomic E-state index is 10.6. The molecule has 5 heteroatoms. The summed E-state index contributed by atoms with van der Waals surface area (Å²) in [7, 11) is 0. The summed E-state index contributed by atoms with van der Waals surface area (Å²) < 4.78 is 0. The largest absolute Gasteiger partial charge is 0.399 e. The zero-order valence-corrected chi connectivity index (χ0v) is 10.5. The van der Waals surface area contributed by atoms with Crippen LogP contribution in [0.2, 0.25) is 0 Å². The fourth-order valence-corrected chi connectivity index (χ4v) is 1.80. The monoisotopic (exact) mass is 257 g/mol. The number of nitrogens with one attached hydrogen (secondary N) is 1. The molecule has 2 aromatic carbocycles. The predicted octanol–water partition coefficient (Wildman–Crippen LogP) is 3.35. The van der Waals surface area contributed by atoms with Gasteiger partial charge in [-0.05, 0) is 36.8 Å². The number of non-ortho nitro benzene ring substituents is 1. The van der Waals surface area contributed by atoms with Crippen molar-refractivity contribution in [3.8, 4) is 0 Å². The Labute approximate surface area is 111 Å². The van der Waals surface area contributed by atoms with Crippen LogP contribution in [0.5, 0.6) is 0 Å². The van der Waals surface area contributed by atoms with Crippen LogP contribution >= 0.6 is 0 Å². The van der Waals surface area contributed by atoms with Gasteiger partial charge >= 0.3 is 0 Å². The van der Waals surface area contributed by atoms with Gasteiger partial charge in [0, 0.05) is 29.5 Å². The Balaban J connectivity index is 2.08. The highest BCUT2D eigenvalue weighted by molar-refractivity contribution is 5.50. The first-order chi connectivity index (χ1) is 9.06. The van der Waals surface area contributed by atoms with E-state index in [2.05, 4.69) is 5.32 Å². The molecule has 2 rings (SSSR count). The van der Waals surface area contributed by atoms with Crippen molar-refractivity contribution in [2.75, 3.05) is 11.1 Å². The quantitative estimate of drug-likeness (QED) is 0.500. The third-order valence-corrected chi connectivity index (χ3v) is 2.90. The molecule has 2 aromatic rings. The van der Waals surface area contributed by atoms with Gasteiger partial charge in [-0.25, -0.2) is 0 Å². The molecule has 0 aliphatic heterocycles. The smallest absolute Gasteiger partial charge is 0.269 e. The Kier molecular flexibility index (Phi) is 3.66. The van der Waals surface area contributed by atoms with E-state index in [0.29, 0.717) is 0 Å². The summed E-state index contributed by atoms with van der Waals surface area (Å²) in [6, 6.07) is 14.1. The molecular formula is C14H15N3O2. The van der Waals surface area contributed by atoms with Crippen molar-refractivity contribution in [3.63, 3.8) is 0 Å². The van der Waals surface area contributed by atoms with E-state index in [1.165, 1.54) is 12.1 Å². The van der Waals surface area contributed by atoms with Gasteiger partial charge in [-0.2, -0.15) is 0 Å². The molecule has 0 spiro atoms. The summed E-state index contributed by atoms with van der Waals surface area (Å²) in [5.41, 5.74) is 8.40. The molecule has 0 heterocycles. The van der Waals surface area contributed by atoms with Crippen LogP contribution in [0.25, 0.3) is 0 Å². The van der Waals surface area contributed by atoms with E-state index in [4.69, 9.17) is 5.73 Å². The molecule has 1 unspecified atom stereocenters. The molecule has 0 amide bonds. The molecule has 98 valence electrons. The van der Waals surface area contributed by atoms with E-state index in [1.807, 2.05) is 31.2 Å². The van der Waals surface area contributed by atoms with Crippen molar-refractivity contribution in [2.24, 2.45) is 0 Å². The van der Waals surface area contributed by atoms with Gasteiger partial charge in [0.1, 0.15) is 0 Å². The first kappa shape index (κ1) is 12.9. The SMILES string of the molecule is CC(Nc1ccc([N+](=O)[O-])cc1)c1ccc(N)cc1. The number of hydrogen-bond acceptors (Lipinski definition) is 4. The van der Waals surface area contributed by atoms with Gasteiger partial charge in [-0.1, -0.05) is 12.1 Å². The van der Waals surface area contributed by atoms with Gasteiger partial charge in [-0.3, -0.25) is 10.1 Å². The van der Waals surface area contributed by atoms with Crippen molar-refractivity contribution >= 4 is 17.1 Å². The third kappa shape index (κ3) is 3.22. The molecule has 0 bridgehead atoms. The fourth-order valence-electron chi connectivity index (χ4n) is 1.80. The normalized spacial score (nSPS) is 11.8. The second-order valence-corrected chi connectivity index (χ2v) is 4.34. The zero-order chi connectivity index (χ0) is 13.8. The van der Waals surface area contributed by atoms with Crippen LogP contribution in [0.4, 0.5) is 17.1 Å². The van der Waals surface area contributed by atoms with Crippen molar-refractivity contribution in [1.29, 1.82) is 0 Å². The number of nitro groups is 1. The standard InChI is InChI=1S/C14H15N3O2/c1-10(11-2-4-12(15)5-3-11)16-13-6-8-14(9-7-13)17(18)19/h2-10,16H,15H2,1H3. The number of rotatable bonds is 4. The van der Waals surface area contributed by atoms with Crippen LogP contribution in [-0.4, -0.2) is 4.92 Å². The molecule has 0 aliphatic rings. The second kappa shape index (κ2) is 5.39. The molecule has 0 saturated heterocycles. The second-order valence-electron chi connectivity index (χ2n) is 4.34. The summed E-state index contributed by atoms with van der Waals surface area (Å²) in [6.07, 6.45) is 0. The lowest BCUT2D eigenvalue weighted by molar-refractivity contribution is -0.384. The first-order valence-electron chi connectivity index (χ1n) is 5.92.